The van der Waals surface area contributed by atoms with Gasteiger partial charge in [-0.2, -0.15) is 0 Å². The first kappa shape index (κ1) is 12.2. The number of hydrogen-bond donors (Lipinski definition) is 1. The molecule has 1 heterocycles. The molecule has 88 valence electrons. The third-order valence-corrected chi connectivity index (χ3v) is 1.87. The first-order valence-corrected chi connectivity index (χ1v) is 4.12. The van der Waals surface area contributed by atoms with Crippen LogP contribution in [0, 0.1) is 10.1 Å². The van der Waals surface area contributed by atoms with Crippen LogP contribution in [0.25, 0.3) is 0 Å². The topological polar surface area (TPSA) is 85.5 Å². The van der Waals surface area contributed by atoms with Crippen molar-refractivity contribution in [3.8, 4) is 5.88 Å². The molecule has 0 aliphatic rings. The molecule has 1 aromatic rings. The molecule has 16 heavy (non-hydrogen) atoms. The van der Waals surface area contributed by atoms with E-state index in [1.54, 1.807) is 0 Å². The number of alkyl halides is 2. The van der Waals surface area contributed by atoms with Crippen LogP contribution in [0.3, 0.4) is 0 Å². The summed E-state index contributed by atoms with van der Waals surface area (Å²) in [5, 5.41) is 19.4. The fraction of sp³-hybridized carbons (Fsp3) is 0.375. The lowest BCUT2D eigenvalue weighted by Crippen LogP contribution is -2.05. The van der Waals surface area contributed by atoms with E-state index >= 15 is 0 Å². The number of hydrogen-bond acceptors (Lipinski definition) is 5. The molecule has 0 amide bonds. The summed E-state index contributed by atoms with van der Waals surface area (Å²) in [6.07, 6.45) is -3.08. The van der Waals surface area contributed by atoms with Crippen LogP contribution in [0.1, 0.15) is 17.6 Å². The van der Waals surface area contributed by atoms with E-state index in [0.717, 1.165) is 6.07 Å². The highest BCUT2D eigenvalue weighted by Gasteiger charge is 2.29. The van der Waals surface area contributed by atoms with Gasteiger partial charge in [-0.05, 0) is 4.92 Å². The zero-order valence-corrected chi connectivity index (χ0v) is 8.18. The van der Waals surface area contributed by atoms with E-state index < -0.39 is 29.3 Å². The van der Waals surface area contributed by atoms with Gasteiger partial charge in [-0.3, -0.25) is 0 Å². The molecule has 0 saturated carbocycles. The Morgan fingerprint density at radius 1 is 1.69 bits per heavy atom. The average Bonchev–Trinajstić information content (AvgIpc) is 2.26. The van der Waals surface area contributed by atoms with E-state index in [1.165, 1.54) is 7.11 Å². The monoisotopic (exact) mass is 234 g/mol. The fourth-order valence-electron chi connectivity index (χ4n) is 1.18. The maximum Gasteiger partial charge on any atom is 0.377 e. The molecule has 1 N–H and O–H groups in total. The van der Waals surface area contributed by atoms with Crippen molar-refractivity contribution in [3.05, 3.63) is 27.3 Å². The van der Waals surface area contributed by atoms with Crippen molar-refractivity contribution >= 4 is 5.82 Å². The summed E-state index contributed by atoms with van der Waals surface area (Å²) in [5.74, 6) is -1.20. The van der Waals surface area contributed by atoms with E-state index in [1.807, 2.05) is 0 Å². The number of halogens is 2. The molecule has 0 saturated heterocycles. The summed E-state index contributed by atoms with van der Waals surface area (Å²) >= 11 is 0. The van der Waals surface area contributed by atoms with Crippen LogP contribution >= 0.6 is 0 Å². The van der Waals surface area contributed by atoms with Crippen molar-refractivity contribution in [3.63, 3.8) is 0 Å². The van der Waals surface area contributed by atoms with Gasteiger partial charge >= 0.3 is 11.7 Å². The summed E-state index contributed by atoms with van der Waals surface area (Å²) in [6, 6.07) is 1.04. The van der Waals surface area contributed by atoms with E-state index in [2.05, 4.69) is 9.72 Å². The van der Waals surface area contributed by atoms with Gasteiger partial charge in [-0.15, -0.1) is 0 Å². The molecule has 0 spiro atoms. The van der Waals surface area contributed by atoms with E-state index in [-0.39, 0.29) is 11.4 Å². The summed E-state index contributed by atoms with van der Waals surface area (Å²) in [7, 11) is 1.19. The normalized spacial score (nSPS) is 10.6. The SMILES string of the molecule is COc1cc(CO)c(C(F)F)c([N+](=O)[O-])n1. The maximum atomic E-state index is 12.6. The van der Waals surface area contributed by atoms with Crippen molar-refractivity contribution in [2.24, 2.45) is 0 Å². The quantitative estimate of drug-likeness (QED) is 0.629. The van der Waals surface area contributed by atoms with Crippen LogP contribution in [-0.2, 0) is 6.61 Å². The van der Waals surface area contributed by atoms with Crippen molar-refractivity contribution in [2.45, 2.75) is 13.0 Å². The molecule has 1 rings (SSSR count). The Bertz CT molecular complexity index is 411. The summed E-state index contributed by atoms with van der Waals surface area (Å²) in [6.45, 7) is -0.751. The Balaban J connectivity index is 3.47. The average molecular weight is 234 g/mol. The minimum atomic E-state index is -3.08. The summed E-state index contributed by atoms with van der Waals surface area (Å²) in [4.78, 5) is 12.8. The Labute approximate surface area is 88.6 Å². The molecule has 6 nitrogen and oxygen atoms in total. The lowest BCUT2D eigenvalue weighted by molar-refractivity contribution is -0.391. The Kier molecular flexibility index (Phi) is 3.67. The van der Waals surface area contributed by atoms with Crippen LogP contribution in [-0.4, -0.2) is 22.1 Å². The minimum Gasteiger partial charge on any atom is -0.463 e. The van der Waals surface area contributed by atoms with Gasteiger partial charge < -0.3 is 20.0 Å². The standard InChI is InChI=1S/C8H8F2N2O4/c1-16-5-2-4(3-13)6(7(9)10)8(11-5)12(14)15/h2,7,13H,3H2,1H3. The summed E-state index contributed by atoms with van der Waals surface area (Å²) in [5.41, 5.74) is -1.15. The second-order valence-corrected chi connectivity index (χ2v) is 2.78. The molecule has 0 unspecified atom stereocenters. The smallest absolute Gasteiger partial charge is 0.377 e. The second kappa shape index (κ2) is 4.79. The van der Waals surface area contributed by atoms with Crippen molar-refractivity contribution in [1.29, 1.82) is 0 Å². The van der Waals surface area contributed by atoms with Crippen molar-refractivity contribution in [2.75, 3.05) is 7.11 Å². The molecule has 0 atom stereocenters. The highest BCUT2D eigenvalue weighted by Crippen LogP contribution is 2.32. The van der Waals surface area contributed by atoms with Crippen LogP contribution in [0.5, 0.6) is 5.88 Å². The van der Waals surface area contributed by atoms with Gasteiger partial charge in [0.05, 0.1) is 13.7 Å². The lowest BCUT2D eigenvalue weighted by Gasteiger charge is -2.07. The number of pyridine rings is 1. The van der Waals surface area contributed by atoms with Gasteiger partial charge in [0.1, 0.15) is 5.56 Å². The number of nitrogens with zero attached hydrogens (tertiary/aromatic N) is 2. The molecular formula is C8H8F2N2O4. The molecule has 0 aliphatic heterocycles. The molecule has 1 aromatic heterocycles. The zero-order chi connectivity index (χ0) is 12.3. The molecular weight excluding hydrogens is 226 g/mol. The van der Waals surface area contributed by atoms with Gasteiger partial charge in [-0.25, -0.2) is 8.78 Å². The lowest BCUT2D eigenvalue weighted by atomic mass is 10.1. The predicted octanol–water partition coefficient (Wildman–Crippen LogP) is 1.43. The van der Waals surface area contributed by atoms with E-state index in [9.17, 15) is 18.9 Å². The van der Waals surface area contributed by atoms with Crippen LogP contribution < -0.4 is 4.74 Å². The zero-order valence-electron chi connectivity index (χ0n) is 8.18. The molecule has 0 bridgehead atoms. The third kappa shape index (κ3) is 2.22. The van der Waals surface area contributed by atoms with Gasteiger partial charge in [0.2, 0.25) is 0 Å². The predicted molar refractivity (Wildman–Crippen MR) is 48.3 cm³/mol. The van der Waals surface area contributed by atoms with Gasteiger partial charge in [0.15, 0.2) is 0 Å². The van der Waals surface area contributed by atoms with Crippen LogP contribution in [0.2, 0.25) is 0 Å². The number of rotatable bonds is 4. The number of methoxy groups -OCH3 is 1. The Morgan fingerprint density at radius 3 is 2.69 bits per heavy atom. The Morgan fingerprint density at radius 2 is 2.31 bits per heavy atom. The van der Waals surface area contributed by atoms with Crippen LogP contribution in [0.15, 0.2) is 6.07 Å². The molecule has 0 radical (unpaired) electrons. The number of nitro groups is 1. The first-order valence-electron chi connectivity index (χ1n) is 4.12. The number of ether oxygens (including phenoxy) is 1. The van der Waals surface area contributed by atoms with Gasteiger partial charge in [0, 0.05) is 16.6 Å². The molecule has 0 aromatic carbocycles. The van der Waals surface area contributed by atoms with Crippen molar-refractivity contribution in [1.82, 2.24) is 4.98 Å². The van der Waals surface area contributed by atoms with Gasteiger partial charge in [-0.1, -0.05) is 0 Å². The van der Waals surface area contributed by atoms with Gasteiger partial charge in [0.25, 0.3) is 6.43 Å². The largest absolute Gasteiger partial charge is 0.463 e. The highest BCUT2D eigenvalue weighted by molar-refractivity contribution is 5.43. The Hall–Kier alpha value is -1.83. The number of aliphatic hydroxyl groups excluding tert-OH is 1. The van der Waals surface area contributed by atoms with E-state index in [4.69, 9.17) is 5.11 Å². The maximum absolute atomic E-state index is 12.6. The van der Waals surface area contributed by atoms with Crippen molar-refractivity contribution < 1.29 is 23.5 Å². The number of aromatic nitrogens is 1. The fourth-order valence-corrected chi connectivity index (χ4v) is 1.18. The minimum absolute atomic E-state index is 0.194. The molecule has 8 heteroatoms. The first-order chi connectivity index (χ1) is 7.51. The molecule has 0 fully saturated rings. The van der Waals surface area contributed by atoms with Crippen LogP contribution in [0.4, 0.5) is 14.6 Å². The molecule has 0 aliphatic carbocycles. The highest BCUT2D eigenvalue weighted by atomic mass is 19.3. The second-order valence-electron chi connectivity index (χ2n) is 2.78. The third-order valence-electron chi connectivity index (χ3n) is 1.87. The van der Waals surface area contributed by atoms with E-state index in [0.29, 0.717) is 0 Å². The summed E-state index contributed by atoms with van der Waals surface area (Å²) < 4.78 is 29.8. The number of aliphatic hydroxyl groups is 1.